The van der Waals surface area contributed by atoms with Crippen molar-refractivity contribution in [3.63, 3.8) is 0 Å². The van der Waals surface area contributed by atoms with Gasteiger partial charge in [-0.05, 0) is 43.0 Å². The lowest BCUT2D eigenvalue weighted by atomic mass is 10.1. The topological polar surface area (TPSA) is 137 Å². The van der Waals surface area contributed by atoms with Crippen LogP contribution in [0.2, 0.25) is 0 Å². The van der Waals surface area contributed by atoms with E-state index in [1.807, 2.05) is 54.6 Å². The quantitative estimate of drug-likeness (QED) is 0.127. The smallest absolute Gasteiger partial charge is 0.408 e. The molecule has 0 aliphatic carbocycles. The molecule has 1 amide bonds. The maximum atomic E-state index is 12.3. The molecule has 2 aromatic rings. The van der Waals surface area contributed by atoms with Gasteiger partial charge in [-0.25, -0.2) is 9.59 Å². The Labute approximate surface area is 199 Å². The predicted octanol–water partition coefficient (Wildman–Crippen LogP) is 2.72. The maximum Gasteiger partial charge on any atom is 0.408 e. The average molecular weight is 470 g/mol. The van der Waals surface area contributed by atoms with Gasteiger partial charge in [0.25, 0.3) is 0 Å². The number of ether oxygens (including phenoxy) is 3. The first-order chi connectivity index (χ1) is 16.6. The highest BCUT2D eigenvalue weighted by atomic mass is 16.6. The van der Waals surface area contributed by atoms with Crippen LogP contribution >= 0.6 is 0 Å². The number of hydrogen-bond acceptors (Lipinski definition) is 8. The van der Waals surface area contributed by atoms with Gasteiger partial charge >= 0.3 is 12.1 Å². The van der Waals surface area contributed by atoms with Gasteiger partial charge in [0.05, 0.1) is 13.2 Å². The van der Waals surface area contributed by atoms with E-state index in [-0.39, 0.29) is 26.2 Å². The Bertz CT molecular complexity index is 936. The number of carbonyl (C=O) groups excluding carboxylic acids is 2. The van der Waals surface area contributed by atoms with Crippen LogP contribution in [0, 0.1) is 0 Å². The summed E-state index contributed by atoms with van der Waals surface area (Å²) in [4.78, 5) is 24.5. The van der Waals surface area contributed by atoms with Crippen molar-refractivity contribution in [3.05, 3.63) is 65.7 Å². The molecule has 34 heavy (non-hydrogen) atoms. The molecule has 182 valence electrons. The summed E-state index contributed by atoms with van der Waals surface area (Å²) in [6, 6.07) is 16.0. The molecule has 0 bridgehead atoms. The van der Waals surface area contributed by atoms with E-state index in [0.717, 1.165) is 24.0 Å². The summed E-state index contributed by atoms with van der Waals surface area (Å²) in [6.07, 6.45) is 4.02. The van der Waals surface area contributed by atoms with E-state index in [4.69, 9.17) is 20.1 Å². The number of nitrogens with one attached hydrogen (secondary N) is 2. The molecule has 10 nitrogen and oxygen atoms in total. The number of benzene rings is 2. The minimum absolute atomic E-state index is 0.104. The summed E-state index contributed by atoms with van der Waals surface area (Å²) in [7, 11) is 0. The molecule has 1 atom stereocenters. The normalized spacial score (nSPS) is 11.8. The first kappa shape index (κ1) is 26.2. The number of hydrazone groups is 2. The average Bonchev–Trinajstić information content (AvgIpc) is 2.85. The van der Waals surface area contributed by atoms with E-state index in [1.165, 1.54) is 6.34 Å². The van der Waals surface area contributed by atoms with E-state index in [9.17, 15) is 9.59 Å². The van der Waals surface area contributed by atoms with Crippen LogP contribution in [-0.2, 0) is 27.3 Å². The fourth-order valence-electron chi connectivity index (χ4n) is 2.90. The zero-order valence-electron chi connectivity index (χ0n) is 19.2. The van der Waals surface area contributed by atoms with Crippen LogP contribution in [0.3, 0.4) is 0 Å². The first-order valence-corrected chi connectivity index (χ1v) is 11.0. The summed E-state index contributed by atoms with van der Waals surface area (Å²) in [5.74, 6) is 5.09. The lowest BCUT2D eigenvalue weighted by Crippen LogP contribution is -2.43. The van der Waals surface area contributed by atoms with Gasteiger partial charge in [0.2, 0.25) is 0 Å². The molecule has 2 rings (SSSR count). The molecule has 0 heterocycles. The van der Waals surface area contributed by atoms with Crippen LogP contribution in [0.25, 0.3) is 0 Å². The molecule has 0 fully saturated rings. The fraction of sp³-hybridized carbons (Fsp3) is 0.333. The van der Waals surface area contributed by atoms with Crippen LogP contribution in [0.4, 0.5) is 4.79 Å². The molecule has 2 aromatic carbocycles. The molecule has 0 saturated heterocycles. The van der Waals surface area contributed by atoms with Crippen LogP contribution in [-0.4, -0.2) is 43.9 Å². The highest BCUT2D eigenvalue weighted by Gasteiger charge is 2.23. The molecule has 0 aromatic heterocycles. The Kier molecular flexibility index (Phi) is 12.1. The minimum Gasteiger partial charge on any atom is -0.493 e. The van der Waals surface area contributed by atoms with Gasteiger partial charge < -0.3 is 25.4 Å². The van der Waals surface area contributed by atoms with Crippen molar-refractivity contribution < 1.29 is 23.8 Å². The number of amides is 1. The van der Waals surface area contributed by atoms with Crippen LogP contribution in [0.1, 0.15) is 30.9 Å². The molecule has 0 radical (unpaired) electrons. The predicted molar refractivity (Wildman–Crippen MR) is 129 cm³/mol. The van der Waals surface area contributed by atoms with Crippen molar-refractivity contribution in [2.75, 3.05) is 13.2 Å². The van der Waals surface area contributed by atoms with Crippen LogP contribution < -0.4 is 21.3 Å². The van der Waals surface area contributed by atoms with Crippen molar-refractivity contribution in [2.45, 2.75) is 38.8 Å². The monoisotopic (exact) mass is 469 g/mol. The number of alkyl carbamates (subject to hydrolysis) is 1. The standard InChI is InChI=1S/C24H31N5O5/c1-2-32-23(30)22(29-24(31)34-17-20-8-4-3-5-9-20)13-15-33-21-12-6-10-19(16-21)11-7-14-27-28-18-26-25/h3-6,8-10,12,14,16,18,22H,2,7,11,13,15,17,25H2,1H3,(H,26,28)(H,29,31)/t22-/m0/s1. The zero-order valence-corrected chi connectivity index (χ0v) is 19.2. The number of aryl methyl sites for hydroxylation is 1. The maximum absolute atomic E-state index is 12.3. The van der Waals surface area contributed by atoms with E-state index in [1.54, 1.807) is 13.1 Å². The van der Waals surface area contributed by atoms with Crippen LogP contribution in [0.15, 0.2) is 64.8 Å². The Morgan fingerprint density at radius 2 is 1.88 bits per heavy atom. The second-order valence-electron chi connectivity index (χ2n) is 7.05. The Balaban J connectivity index is 1.82. The van der Waals surface area contributed by atoms with E-state index in [2.05, 4.69) is 20.9 Å². The SMILES string of the molecule is CCOC(=O)[C@H](CCOc1cccc(CCC=NNC=NN)c1)NC(=O)OCc1ccccc1. The number of esters is 1. The van der Waals surface area contributed by atoms with Gasteiger partial charge in [-0.1, -0.05) is 42.5 Å². The minimum atomic E-state index is -0.882. The van der Waals surface area contributed by atoms with Crippen molar-refractivity contribution in [2.24, 2.45) is 16.0 Å². The number of nitrogens with zero attached hydrogens (tertiary/aromatic N) is 2. The van der Waals surface area contributed by atoms with Gasteiger partial charge in [0.1, 0.15) is 24.7 Å². The number of nitrogens with two attached hydrogens (primary N) is 1. The van der Waals surface area contributed by atoms with Gasteiger partial charge in [-0.2, -0.15) is 10.2 Å². The second-order valence-corrected chi connectivity index (χ2v) is 7.05. The first-order valence-electron chi connectivity index (χ1n) is 11.0. The molecule has 0 spiro atoms. The van der Waals surface area contributed by atoms with Gasteiger partial charge in [-0.3, -0.25) is 5.43 Å². The summed E-state index contributed by atoms with van der Waals surface area (Å²) >= 11 is 0. The molecule has 4 N–H and O–H groups in total. The highest BCUT2D eigenvalue weighted by molar-refractivity contribution is 5.81. The zero-order chi connectivity index (χ0) is 24.4. The molecular formula is C24H31N5O5. The Morgan fingerprint density at radius 3 is 2.65 bits per heavy atom. The van der Waals surface area contributed by atoms with Crippen LogP contribution in [0.5, 0.6) is 5.75 Å². The van der Waals surface area contributed by atoms with E-state index < -0.39 is 18.1 Å². The second kappa shape index (κ2) is 15.7. The molecule has 10 heteroatoms. The molecule has 0 aliphatic rings. The summed E-state index contributed by atoms with van der Waals surface area (Å²) in [6.45, 7) is 2.22. The van der Waals surface area contributed by atoms with Gasteiger partial charge in [0, 0.05) is 12.6 Å². The third-order valence-corrected chi connectivity index (χ3v) is 4.51. The molecule has 0 unspecified atom stereocenters. The number of carbonyl (C=O) groups is 2. The third-order valence-electron chi connectivity index (χ3n) is 4.51. The van der Waals surface area contributed by atoms with E-state index in [0.29, 0.717) is 5.75 Å². The van der Waals surface area contributed by atoms with Crippen molar-refractivity contribution in [1.29, 1.82) is 0 Å². The summed E-state index contributed by atoms with van der Waals surface area (Å²) in [5.41, 5.74) is 4.49. The molecule has 0 saturated carbocycles. The lowest BCUT2D eigenvalue weighted by Gasteiger charge is -2.17. The number of hydrogen-bond donors (Lipinski definition) is 3. The molecule has 0 aliphatic heterocycles. The summed E-state index contributed by atoms with van der Waals surface area (Å²) in [5, 5.41) is 9.77. The molecular weight excluding hydrogens is 438 g/mol. The van der Waals surface area contributed by atoms with Crippen molar-refractivity contribution >= 4 is 24.6 Å². The Hall–Kier alpha value is -4.08. The van der Waals surface area contributed by atoms with Gasteiger partial charge in [-0.15, -0.1) is 0 Å². The Morgan fingerprint density at radius 1 is 1.09 bits per heavy atom. The van der Waals surface area contributed by atoms with E-state index >= 15 is 0 Å². The number of rotatable bonds is 14. The summed E-state index contributed by atoms with van der Waals surface area (Å²) < 4.78 is 16.1. The highest BCUT2D eigenvalue weighted by Crippen LogP contribution is 2.15. The largest absolute Gasteiger partial charge is 0.493 e. The lowest BCUT2D eigenvalue weighted by molar-refractivity contribution is -0.145. The fourth-order valence-corrected chi connectivity index (χ4v) is 2.90. The van der Waals surface area contributed by atoms with Gasteiger partial charge in [0.15, 0.2) is 0 Å². The van der Waals surface area contributed by atoms with Crippen molar-refractivity contribution in [3.8, 4) is 5.75 Å². The van der Waals surface area contributed by atoms with Crippen molar-refractivity contribution in [1.82, 2.24) is 10.7 Å². The third kappa shape index (κ3) is 10.5.